The molecular formula is C35H24BrN3O4. The molecule has 5 aromatic carbocycles. The van der Waals surface area contributed by atoms with Gasteiger partial charge >= 0.3 is 0 Å². The molecule has 7 aromatic rings. The normalized spacial score (nSPS) is 11.6. The van der Waals surface area contributed by atoms with E-state index in [1.807, 2.05) is 66.7 Å². The van der Waals surface area contributed by atoms with Crippen molar-refractivity contribution in [1.29, 1.82) is 0 Å². The third-order valence-corrected chi connectivity index (χ3v) is 7.81. The summed E-state index contributed by atoms with van der Waals surface area (Å²) in [6.45, 7) is 0.364. The number of fused-ring (bicyclic) bond motifs is 3. The van der Waals surface area contributed by atoms with Gasteiger partial charge < -0.3 is 13.9 Å². The number of rotatable bonds is 7. The van der Waals surface area contributed by atoms with Crippen LogP contribution in [0.5, 0.6) is 11.5 Å². The van der Waals surface area contributed by atoms with Crippen molar-refractivity contribution in [2.75, 3.05) is 7.11 Å². The van der Waals surface area contributed by atoms with Crippen LogP contribution in [0.4, 0.5) is 0 Å². The zero-order valence-corrected chi connectivity index (χ0v) is 24.6. The van der Waals surface area contributed by atoms with Gasteiger partial charge in [0.2, 0.25) is 5.82 Å². The number of hydrogen-bond donors (Lipinski definition) is 0. The van der Waals surface area contributed by atoms with Crippen LogP contribution in [0.3, 0.4) is 0 Å². The molecule has 0 aliphatic heterocycles. The lowest BCUT2D eigenvalue weighted by atomic mass is 10.1. The van der Waals surface area contributed by atoms with E-state index in [1.54, 1.807) is 31.5 Å². The molecule has 2 heterocycles. The number of hydrogen-bond acceptors (Lipinski definition) is 6. The van der Waals surface area contributed by atoms with Crippen LogP contribution in [0, 0.1) is 0 Å². The van der Waals surface area contributed by atoms with Gasteiger partial charge in [0.25, 0.3) is 5.56 Å². The molecule has 0 aliphatic carbocycles. The van der Waals surface area contributed by atoms with Gasteiger partial charge in [-0.1, -0.05) is 72.8 Å². The number of ether oxygens (including phenoxy) is 2. The Morgan fingerprint density at radius 2 is 1.63 bits per heavy atom. The van der Waals surface area contributed by atoms with E-state index >= 15 is 0 Å². The van der Waals surface area contributed by atoms with Crippen molar-refractivity contribution in [3.63, 3.8) is 0 Å². The van der Waals surface area contributed by atoms with Crippen LogP contribution in [0.25, 0.3) is 44.2 Å². The molecule has 0 amide bonds. The van der Waals surface area contributed by atoms with E-state index in [4.69, 9.17) is 18.9 Å². The van der Waals surface area contributed by atoms with E-state index in [-0.39, 0.29) is 5.56 Å². The van der Waals surface area contributed by atoms with E-state index in [2.05, 4.69) is 45.3 Å². The molecule has 0 saturated carbocycles. The van der Waals surface area contributed by atoms with Gasteiger partial charge in [0.1, 0.15) is 12.2 Å². The molecule has 8 heteroatoms. The van der Waals surface area contributed by atoms with Gasteiger partial charge in [-0.05, 0) is 74.2 Å². The fraction of sp³-hybridized carbons (Fsp3) is 0.0571. The Bertz CT molecular complexity index is 2200. The summed E-state index contributed by atoms with van der Waals surface area (Å²) in [4.78, 5) is 18.4. The number of methoxy groups -OCH3 is 1. The highest BCUT2D eigenvalue weighted by atomic mass is 79.9. The highest BCUT2D eigenvalue weighted by molar-refractivity contribution is 9.10. The van der Waals surface area contributed by atoms with Crippen LogP contribution in [-0.2, 0) is 6.61 Å². The minimum absolute atomic E-state index is 0.303. The second kappa shape index (κ2) is 11.2. The first-order valence-corrected chi connectivity index (χ1v) is 14.4. The molecule has 0 saturated heterocycles. The maximum atomic E-state index is 13.6. The summed E-state index contributed by atoms with van der Waals surface area (Å²) in [5.74, 6) is 1.84. The molecule has 0 fully saturated rings. The second-order valence-electron chi connectivity index (χ2n) is 9.92. The van der Waals surface area contributed by atoms with Gasteiger partial charge in [-0.2, -0.15) is 9.78 Å². The summed E-state index contributed by atoms with van der Waals surface area (Å²) in [5.41, 5.74) is 2.71. The summed E-state index contributed by atoms with van der Waals surface area (Å²) >= 11 is 3.64. The predicted octanol–water partition coefficient (Wildman–Crippen LogP) is 8.20. The number of halogens is 1. The van der Waals surface area contributed by atoms with E-state index in [9.17, 15) is 4.79 Å². The number of nitrogens with zero attached hydrogens (tertiary/aromatic N) is 3. The fourth-order valence-corrected chi connectivity index (χ4v) is 5.70. The Balaban J connectivity index is 1.25. The summed E-state index contributed by atoms with van der Waals surface area (Å²) < 4.78 is 20.0. The van der Waals surface area contributed by atoms with Crippen molar-refractivity contribution in [1.82, 2.24) is 9.66 Å². The van der Waals surface area contributed by atoms with Crippen LogP contribution in [0.2, 0.25) is 0 Å². The molecule has 0 radical (unpaired) electrons. The molecule has 0 unspecified atom stereocenters. The number of furan rings is 1. The van der Waals surface area contributed by atoms with Crippen LogP contribution in [0.1, 0.15) is 11.1 Å². The zero-order chi connectivity index (χ0) is 29.3. The van der Waals surface area contributed by atoms with Crippen molar-refractivity contribution >= 4 is 54.8 Å². The molecule has 2 aromatic heterocycles. The van der Waals surface area contributed by atoms with E-state index < -0.39 is 0 Å². The molecule has 210 valence electrons. The first-order chi connectivity index (χ1) is 21.1. The molecule has 0 spiro atoms. The fourth-order valence-electron chi connectivity index (χ4n) is 5.13. The van der Waals surface area contributed by atoms with Gasteiger partial charge in [-0.3, -0.25) is 4.79 Å². The predicted molar refractivity (Wildman–Crippen MR) is 173 cm³/mol. The highest BCUT2D eigenvalue weighted by Crippen LogP contribution is 2.37. The lowest BCUT2D eigenvalue weighted by molar-refractivity contribution is 0.283. The first kappa shape index (κ1) is 26.7. The highest BCUT2D eigenvalue weighted by Gasteiger charge is 2.17. The Kier molecular flexibility index (Phi) is 6.96. The summed E-state index contributed by atoms with van der Waals surface area (Å²) in [6.07, 6.45) is 1.59. The number of aromatic nitrogens is 2. The molecule has 0 aliphatic rings. The molecule has 0 bridgehead atoms. The molecule has 0 atom stereocenters. The Morgan fingerprint density at radius 3 is 2.47 bits per heavy atom. The number of para-hydroxylation sites is 2. The zero-order valence-electron chi connectivity index (χ0n) is 23.0. The van der Waals surface area contributed by atoms with Crippen LogP contribution < -0.4 is 15.0 Å². The van der Waals surface area contributed by atoms with Crippen LogP contribution in [0.15, 0.2) is 128 Å². The second-order valence-corrected chi connectivity index (χ2v) is 10.8. The SMILES string of the molecule is COc1cc(C=Nn2c(-c3cc4ccccc4o3)nc3ccccc3c2=O)cc(Br)c1OCc1cccc2ccccc12. The molecular weight excluding hydrogens is 606 g/mol. The van der Waals surface area contributed by atoms with Gasteiger partial charge in [0.15, 0.2) is 17.3 Å². The minimum atomic E-state index is -0.307. The number of benzene rings is 5. The Morgan fingerprint density at radius 1 is 0.884 bits per heavy atom. The van der Waals surface area contributed by atoms with Crippen LogP contribution >= 0.6 is 15.9 Å². The molecule has 7 nitrogen and oxygen atoms in total. The van der Waals surface area contributed by atoms with E-state index in [0.29, 0.717) is 56.2 Å². The minimum Gasteiger partial charge on any atom is -0.493 e. The van der Waals surface area contributed by atoms with Crippen molar-refractivity contribution in [2.24, 2.45) is 5.10 Å². The first-order valence-electron chi connectivity index (χ1n) is 13.6. The monoisotopic (exact) mass is 629 g/mol. The molecule has 0 N–H and O–H groups in total. The van der Waals surface area contributed by atoms with Gasteiger partial charge in [-0.25, -0.2) is 4.98 Å². The van der Waals surface area contributed by atoms with E-state index in [0.717, 1.165) is 21.7 Å². The third kappa shape index (κ3) is 5.06. The van der Waals surface area contributed by atoms with Crippen molar-refractivity contribution in [2.45, 2.75) is 6.61 Å². The van der Waals surface area contributed by atoms with E-state index in [1.165, 1.54) is 4.68 Å². The average molecular weight is 630 g/mol. The summed E-state index contributed by atoms with van der Waals surface area (Å²) in [7, 11) is 1.59. The maximum Gasteiger partial charge on any atom is 0.282 e. The molecule has 7 rings (SSSR count). The van der Waals surface area contributed by atoms with Crippen LogP contribution in [-0.4, -0.2) is 23.0 Å². The Labute approximate surface area is 254 Å². The summed E-state index contributed by atoms with van der Waals surface area (Å²) in [5, 5.41) is 8.24. The lowest BCUT2D eigenvalue weighted by Crippen LogP contribution is -2.20. The molecule has 43 heavy (non-hydrogen) atoms. The maximum absolute atomic E-state index is 13.6. The average Bonchev–Trinajstić information content (AvgIpc) is 3.48. The van der Waals surface area contributed by atoms with Crippen molar-refractivity contribution < 1.29 is 13.9 Å². The topological polar surface area (TPSA) is 78.9 Å². The van der Waals surface area contributed by atoms with Gasteiger partial charge in [-0.15, -0.1) is 0 Å². The van der Waals surface area contributed by atoms with Crippen molar-refractivity contribution in [3.05, 3.63) is 135 Å². The smallest absolute Gasteiger partial charge is 0.282 e. The van der Waals surface area contributed by atoms with Gasteiger partial charge in [0, 0.05) is 5.39 Å². The summed E-state index contributed by atoms with van der Waals surface area (Å²) in [6, 6.07) is 34.8. The third-order valence-electron chi connectivity index (χ3n) is 7.23. The standard InChI is InChI=1S/C35H24BrN3O4/c1-41-31-18-22(17-28(36)33(31)42-21-25-12-8-11-23-9-2-4-13-26(23)25)20-37-39-34(32-19-24-10-3-7-16-30(24)43-32)38-29-15-6-5-14-27(29)35(39)40/h2-20H,21H2,1H3. The Hall–Kier alpha value is -5.21. The quantitative estimate of drug-likeness (QED) is 0.166. The van der Waals surface area contributed by atoms with Gasteiger partial charge in [0.05, 0.1) is 28.7 Å². The largest absolute Gasteiger partial charge is 0.493 e. The van der Waals surface area contributed by atoms with Crippen molar-refractivity contribution in [3.8, 4) is 23.1 Å². The lowest BCUT2D eigenvalue weighted by Gasteiger charge is -2.14.